The zero-order valence-corrected chi connectivity index (χ0v) is 7.96. The summed E-state index contributed by atoms with van der Waals surface area (Å²) in [5.41, 5.74) is 0.616. The molecule has 0 saturated carbocycles. The minimum absolute atomic E-state index is 0.616. The molecule has 0 aliphatic heterocycles. The molecule has 0 atom stereocenters. The van der Waals surface area contributed by atoms with E-state index in [9.17, 15) is 5.21 Å². The molecule has 0 radical (unpaired) electrons. The first-order chi connectivity index (χ1) is 5.77. The highest BCUT2D eigenvalue weighted by atomic mass is 79.9. The maximum Gasteiger partial charge on any atom is 0.337 e. The smallest absolute Gasteiger partial charge is 0.337 e. The average Bonchev–Trinajstić information content (AvgIpc) is 2.09. The summed E-state index contributed by atoms with van der Waals surface area (Å²) >= 11 is 3.25. The highest BCUT2D eigenvalue weighted by molar-refractivity contribution is 9.10. The monoisotopic (exact) mass is 227 g/mol. The summed E-state index contributed by atoms with van der Waals surface area (Å²) in [7, 11) is 1.58. The molecule has 0 N–H and O–H groups in total. The summed E-state index contributed by atoms with van der Waals surface area (Å²) in [6, 6.07) is 7.47. The van der Waals surface area contributed by atoms with E-state index in [1.807, 2.05) is 0 Å². The van der Waals surface area contributed by atoms with Crippen LogP contribution >= 0.6 is 15.9 Å². The molecule has 0 amide bonds. The topological polar surface area (TPSA) is 36.6 Å². The zero-order valence-electron chi connectivity index (χ0n) is 6.37. The van der Waals surface area contributed by atoms with Crippen molar-refractivity contribution in [1.29, 1.82) is 0 Å². The van der Waals surface area contributed by atoms with Crippen molar-refractivity contribution < 1.29 is 4.74 Å². The fourth-order valence-corrected chi connectivity index (χ4v) is 1.21. The van der Waals surface area contributed by atoms with E-state index in [1.165, 1.54) is 0 Å². The van der Waals surface area contributed by atoms with E-state index >= 15 is 0 Å². The Morgan fingerprint density at radius 2 is 2.33 bits per heavy atom. The molecule has 0 aliphatic rings. The normalized spacial score (nSPS) is 8.50. The summed E-state index contributed by atoms with van der Waals surface area (Å²) in [5, 5.41) is 12.4. The average molecular weight is 228 g/mol. The lowest BCUT2D eigenvalue weighted by molar-refractivity contribution is 0.414. The van der Waals surface area contributed by atoms with Crippen LogP contribution in [-0.4, -0.2) is 7.11 Å². The highest BCUT2D eigenvalue weighted by Gasteiger charge is 2.02. The number of ether oxygens (including phenoxy) is 1. The predicted molar refractivity (Wildman–Crippen MR) is 50.4 cm³/mol. The van der Waals surface area contributed by atoms with Crippen LogP contribution < -0.4 is 4.74 Å². The predicted octanol–water partition coefficient (Wildman–Crippen LogP) is 2.64. The second kappa shape index (κ2) is 3.98. The minimum atomic E-state index is 0.616. The largest absolute Gasteiger partial charge is 0.498 e. The number of hydrogen-bond donors (Lipinski definition) is 0. The van der Waals surface area contributed by atoms with Crippen LogP contribution in [-0.2, 0) is 0 Å². The van der Waals surface area contributed by atoms with Gasteiger partial charge in [0.2, 0.25) is 0 Å². The molecule has 0 unspecified atom stereocenters. The molecule has 0 saturated heterocycles. The number of hydrogen-bond acceptors (Lipinski definition) is 2. The van der Waals surface area contributed by atoms with Crippen molar-refractivity contribution in [3.63, 3.8) is 0 Å². The Labute approximate surface area is 78.5 Å². The summed E-state index contributed by atoms with van der Waals surface area (Å²) in [6.45, 7) is 0. The first-order valence-electron chi connectivity index (χ1n) is 3.20. The number of halogens is 1. The van der Waals surface area contributed by atoms with Crippen molar-refractivity contribution >= 4 is 15.9 Å². The summed E-state index contributed by atoms with van der Waals surface area (Å²) in [4.78, 5) is 0. The molecule has 0 fully saturated rings. The van der Waals surface area contributed by atoms with Gasteiger partial charge < -0.3 is 9.94 Å². The zero-order chi connectivity index (χ0) is 8.97. The Bertz CT molecular complexity index is 341. The van der Waals surface area contributed by atoms with Gasteiger partial charge in [0.15, 0.2) is 0 Å². The van der Waals surface area contributed by atoms with Gasteiger partial charge in [-0.3, -0.25) is 0 Å². The third-order valence-electron chi connectivity index (χ3n) is 1.34. The first-order valence-corrected chi connectivity index (χ1v) is 3.99. The molecule has 1 aromatic rings. The van der Waals surface area contributed by atoms with Crippen molar-refractivity contribution in [2.45, 2.75) is 0 Å². The first kappa shape index (κ1) is 8.88. The summed E-state index contributed by atoms with van der Waals surface area (Å²) in [6.07, 6.45) is 0. The molecule has 12 heavy (non-hydrogen) atoms. The lowest BCUT2D eigenvalue weighted by atomic mass is 10.2. The third-order valence-corrected chi connectivity index (χ3v) is 2.00. The molecular weight excluding hydrogens is 222 g/mol. The van der Waals surface area contributed by atoms with E-state index in [0.29, 0.717) is 5.56 Å². The van der Waals surface area contributed by atoms with Gasteiger partial charge >= 0.3 is 6.07 Å². The van der Waals surface area contributed by atoms with Gasteiger partial charge in [0, 0.05) is 9.48 Å². The maximum atomic E-state index is 9.87. The Kier molecular flexibility index (Phi) is 2.94. The number of methoxy groups -OCH3 is 1. The van der Waals surface area contributed by atoms with Crippen LogP contribution in [0.1, 0.15) is 5.56 Å². The third kappa shape index (κ3) is 1.89. The van der Waals surface area contributed by atoms with Crippen molar-refractivity contribution in [2.24, 2.45) is 0 Å². The second-order valence-electron chi connectivity index (χ2n) is 2.05. The van der Waals surface area contributed by atoms with Crippen molar-refractivity contribution in [1.82, 2.24) is 0 Å². The molecule has 4 heteroatoms. The Morgan fingerprint density at radius 3 is 2.83 bits per heavy atom. The molecule has 0 aliphatic carbocycles. The molecule has 0 bridgehead atoms. The molecule has 0 heterocycles. The maximum absolute atomic E-state index is 9.87. The standard InChI is InChI=1S/C8H6BrNO2/c1-12-7-3-2-6(5-10-11)8(9)4-7/h2-4H,1H3. The lowest BCUT2D eigenvalue weighted by Gasteiger charge is -1.98. The lowest BCUT2D eigenvalue weighted by Crippen LogP contribution is -1.83. The van der Waals surface area contributed by atoms with E-state index in [1.54, 1.807) is 25.3 Å². The fraction of sp³-hybridized carbons (Fsp3) is 0.125. The molecule has 1 aromatic carbocycles. The van der Waals surface area contributed by atoms with Crippen molar-refractivity contribution in [3.8, 4) is 11.8 Å². The van der Waals surface area contributed by atoms with E-state index in [2.05, 4.69) is 27.0 Å². The SMILES string of the molecule is COc1ccc(C#[N+][O-])c(Br)c1. The van der Waals surface area contributed by atoms with Crippen LogP contribution in [0.4, 0.5) is 0 Å². The van der Waals surface area contributed by atoms with E-state index in [4.69, 9.17) is 4.74 Å². The van der Waals surface area contributed by atoms with Crippen LogP contribution in [0.2, 0.25) is 0 Å². The molecule has 62 valence electrons. The Morgan fingerprint density at radius 1 is 1.58 bits per heavy atom. The van der Waals surface area contributed by atoms with Crippen molar-refractivity contribution in [3.05, 3.63) is 38.5 Å². The van der Waals surface area contributed by atoms with Crippen molar-refractivity contribution in [2.75, 3.05) is 7.11 Å². The van der Waals surface area contributed by atoms with E-state index in [-0.39, 0.29) is 0 Å². The Balaban J connectivity index is 3.09. The fourth-order valence-electron chi connectivity index (χ4n) is 0.763. The van der Waals surface area contributed by atoms with Crippen LogP contribution in [0.15, 0.2) is 22.7 Å². The van der Waals surface area contributed by atoms with Gasteiger partial charge in [-0.15, -0.1) is 0 Å². The van der Waals surface area contributed by atoms with Crippen LogP contribution in [0.25, 0.3) is 5.01 Å². The van der Waals surface area contributed by atoms with E-state index < -0.39 is 0 Å². The summed E-state index contributed by atoms with van der Waals surface area (Å²) in [5.74, 6) is 0.721. The number of benzene rings is 1. The van der Waals surface area contributed by atoms with Gasteiger partial charge in [-0.1, -0.05) is 0 Å². The molecule has 0 spiro atoms. The minimum Gasteiger partial charge on any atom is -0.498 e. The van der Waals surface area contributed by atoms with Crippen LogP contribution in [0.5, 0.6) is 5.75 Å². The summed E-state index contributed by atoms with van der Waals surface area (Å²) < 4.78 is 5.70. The van der Waals surface area contributed by atoms with Crippen LogP contribution in [0, 0.1) is 11.3 Å². The second-order valence-corrected chi connectivity index (χ2v) is 2.90. The van der Waals surface area contributed by atoms with Gasteiger partial charge in [-0.05, 0) is 34.1 Å². The van der Waals surface area contributed by atoms with Gasteiger partial charge in [0.05, 0.1) is 7.11 Å². The molecule has 1 rings (SSSR count). The van der Waals surface area contributed by atoms with E-state index in [0.717, 1.165) is 10.2 Å². The Hall–Kier alpha value is -1.21. The van der Waals surface area contributed by atoms with Gasteiger partial charge in [0.1, 0.15) is 11.3 Å². The van der Waals surface area contributed by atoms with Crippen LogP contribution in [0.3, 0.4) is 0 Å². The quantitative estimate of drug-likeness (QED) is 0.692. The number of nitrogens with zero attached hydrogens (tertiary/aromatic N) is 1. The molecule has 3 nitrogen and oxygen atoms in total. The molecular formula is C8H6BrNO2. The molecule has 0 aromatic heterocycles. The number of rotatable bonds is 1. The highest BCUT2D eigenvalue weighted by Crippen LogP contribution is 2.21. The van der Waals surface area contributed by atoms with Gasteiger partial charge in [-0.2, -0.15) is 0 Å². The van der Waals surface area contributed by atoms with Gasteiger partial charge in [0.25, 0.3) is 0 Å². The van der Waals surface area contributed by atoms with Gasteiger partial charge in [-0.25, -0.2) is 0 Å².